The first-order valence-electron chi connectivity index (χ1n) is 8.96. The number of benzene rings is 1. The van der Waals surface area contributed by atoms with Crippen LogP contribution >= 0.6 is 0 Å². The minimum Gasteiger partial charge on any atom is -0.466 e. The summed E-state index contributed by atoms with van der Waals surface area (Å²) in [6, 6.07) is 7.55. The number of aryl methyl sites for hydroxylation is 1. The van der Waals surface area contributed by atoms with Crippen LogP contribution in [0.1, 0.15) is 64.9 Å². The molecule has 0 atom stereocenters. The maximum atomic E-state index is 11.8. The fraction of sp³-hybridized carbons (Fsp3) is 0.600. The lowest BCUT2D eigenvalue weighted by molar-refractivity contribution is -0.144. The number of carbonyl (C=O) groups is 2. The molecule has 0 saturated heterocycles. The predicted octanol–water partition coefficient (Wildman–Crippen LogP) is 4.69. The monoisotopic (exact) mass is 334 g/mol. The number of rotatable bonds is 11. The van der Waals surface area contributed by atoms with Crippen LogP contribution in [-0.4, -0.2) is 18.5 Å². The lowest BCUT2D eigenvalue weighted by Gasteiger charge is -2.07. The fourth-order valence-electron chi connectivity index (χ4n) is 2.30. The van der Waals surface area contributed by atoms with Gasteiger partial charge in [-0.3, -0.25) is 9.59 Å². The molecule has 1 rings (SSSR count). The molecule has 0 bridgehead atoms. The van der Waals surface area contributed by atoms with Gasteiger partial charge in [0.05, 0.1) is 6.61 Å². The Labute approximate surface area is 145 Å². The molecule has 0 fully saturated rings. The molecule has 134 valence electrons. The number of carbonyl (C=O) groups excluding carboxylic acids is 2. The minimum atomic E-state index is -0.256. The number of hydrogen-bond acceptors (Lipinski definition) is 4. The van der Waals surface area contributed by atoms with Crippen molar-refractivity contribution in [3.63, 3.8) is 0 Å². The topological polar surface area (TPSA) is 52.6 Å². The zero-order chi connectivity index (χ0) is 17.8. The maximum Gasteiger partial charge on any atom is 0.311 e. The van der Waals surface area contributed by atoms with Crippen molar-refractivity contribution in [2.75, 3.05) is 6.61 Å². The van der Waals surface area contributed by atoms with E-state index in [0.29, 0.717) is 44.0 Å². The highest BCUT2D eigenvalue weighted by molar-refractivity contribution is 5.72. The molecule has 0 amide bonds. The van der Waals surface area contributed by atoms with Crippen molar-refractivity contribution in [1.29, 1.82) is 0 Å². The van der Waals surface area contributed by atoms with E-state index in [2.05, 4.69) is 20.8 Å². The van der Waals surface area contributed by atoms with Crippen molar-refractivity contribution in [3.8, 4) is 5.75 Å². The third-order valence-electron chi connectivity index (χ3n) is 3.74. The SMILES string of the molecule is CCc1cccc(OC(=O)CCCCC(=O)OCCCC(C)C)c1. The largest absolute Gasteiger partial charge is 0.466 e. The van der Waals surface area contributed by atoms with Gasteiger partial charge in [-0.05, 0) is 55.7 Å². The molecule has 0 aliphatic rings. The molecule has 1 aromatic carbocycles. The summed E-state index contributed by atoms with van der Waals surface area (Å²) >= 11 is 0. The first-order chi connectivity index (χ1) is 11.5. The normalized spacial score (nSPS) is 10.7. The van der Waals surface area contributed by atoms with E-state index in [1.807, 2.05) is 18.2 Å². The molecular weight excluding hydrogens is 304 g/mol. The van der Waals surface area contributed by atoms with Gasteiger partial charge in [0, 0.05) is 12.8 Å². The average Bonchev–Trinajstić information content (AvgIpc) is 2.55. The summed E-state index contributed by atoms with van der Waals surface area (Å²) in [4.78, 5) is 23.3. The van der Waals surface area contributed by atoms with Crippen molar-refractivity contribution >= 4 is 11.9 Å². The summed E-state index contributed by atoms with van der Waals surface area (Å²) in [6.45, 7) is 6.86. The van der Waals surface area contributed by atoms with Crippen LogP contribution in [0.25, 0.3) is 0 Å². The van der Waals surface area contributed by atoms with E-state index in [1.165, 1.54) is 0 Å². The van der Waals surface area contributed by atoms with Crippen LogP contribution in [-0.2, 0) is 20.7 Å². The van der Waals surface area contributed by atoms with Gasteiger partial charge in [0.1, 0.15) is 5.75 Å². The number of unbranched alkanes of at least 4 members (excludes halogenated alkanes) is 1. The van der Waals surface area contributed by atoms with Gasteiger partial charge in [-0.1, -0.05) is 32.9 Å². The highest BCUT2D eigenvalue weighted by atomic mass is 16.5. The summed E-state index contributed by atoms with van der Waals surface area (Å²) < 4.78 is 10.5. The van der Waals surface area contributed by atoms with Crippen molar-refractivity contribution in [2.24, 2.45) is 5.92 Å². The van der Waals surface area contributed by atoms with Crippen LogP contribution in [0.5, 0.6) is 5.75 Å². The summed E-state index contributed by atoms with van der Waals surface area (Å²) in [5, 5.41) is 0. The second kappa shape index (κ2) is 11.7. The molecule has 0 saturated carbocycles. The van der Waals surface area contributed by atoms with Gasteiger partial charge in [0.25, 0.3) is 0 Å². The molecule has 0 unspecified atom stereocenters. The summed E-state index contributed by atoms with van der Waals surface area (Å²) in [7, 11) is 0. The molecule has 24 heavy (non-hydrogen) atoms. The van der Waals surface area contributed by atoms with Crippen LogP contribution in [0.2, 0.25) is 0 Å². The second-order valence-electron chi connectivity index (χ2n) is 6.44. The van der Waals surface area contributed by atoms with Crippen molar-refractivity contribution < 1.29 is 19.1 Å². The van der Waals surface area contributed by atoms with E-state index >= 15 is 0 Å². The molecule has 0 aliphatic carbocycles. The number of esters is 2. The third-order valence-corrected chi connectivity index (χ3v) is 3.74. The standard InChI is InChI=1S/C20H30O4/c1-4-17-10-7-11-18(15-17)24-20(22)13-6-5-12-19(21)23-14-8-9-16(2)3/h7,10-11,15-16H,4-6,8-9,12-14H2,1-3H3. The van der Waals surface area contributed by atoms with Crippen molar-refractivity contribution in [2.45, 2.75) is 65.7 Å². The molecule has 1 aromatic rings. The molecule has 0 aliphatic heterocycles. The molecule has 4 nitrogen and oxygen atoms in total. The zero-order valence-electron chi connectivity index (χ0n) is 15.2. The van der Waals surface area contributed by atoms with Gasteiger partial charge in [-0.25, -0.2) is 0 Å². The molecule has 0 N–H and O–H groups in total. The Morgan fingerprint density at radius 2 is 1.75 bits per heavy atom. The molecule has 0 aromatic heterocycles. The van der Waals surface area contributed by atoms with Crippen molar-refractivity contribution in [1.82, 2.24) is 0 Å². The Bertz CT molecular complexity index is 508. The molecule has 0 heterocycles. The summed E-state index contributed by atoms with van der Waals surface area (Å²) in [5.41, 5.74) is 1.14. The van der Waals surface area contributed by atoms with Gasteiger partial charge in [-0.2, -0.15) is 0 Å². The van der Waals surface area contributed by atoms with Crippen LogP contribution in [0.15, 0.2) is 24.3 Å². The average molecular weight is 334 g/mol. The lowest BCUT2D eigenvalue weighted by atomic mass is 10.1. The highest BCUT2D eigenvalue weighted by Gasteiger charge is 2.07. The van der Waals surface area contributed by atoms with E-state index in [0.717, 1.165) is 24.8 Å². The second-order valence-corrected chi connectivity index (χ2v) is 6.44. The van der Waals surface area contributed by atoms with E-state index in [4.69, 9.17) is 9.47 Å². The quantitative estimate of drug-likeness (QED) is 0.334. The Morgan fingerprint density at radius 1 is 1.04 bits per heavy atom. The summed E-state index contributed by atoms with van der Waals surface area (Å²) in [6.07, 6.45) is 4.84. The van der Waals surface area contributed by atoms with E-state index in [9.17, 15) is 9.59 Å². The molecule has 0 radical (unpaired) electrons. The zero-order valence-corrected chi connectivity index (χ0v) is 15.2. The fourth-order valence-corrected chi connectivity index (χ4v) is 2.30. The van der Waals surface area contributed by atoms with Gasteiger partial charge >= 0.3 is 11.9 Å². The van der Waals surface area contributed by atoms with E-state index in [1.54, 1.807) is 6.07 Å². The lowest BCUT2D eigenvalue weighted by Crippen LogP contribution is -2.09. The Kier molecular flexibility index (Phi) is 9.81. The molecule has 4 heteroatoms. The van der Waals surface area contributed by atoms with Gasteiger partial charge in [-0.15, -0.1) is 0 Å². The molecular formula is C20H30O4. The number of ether oxygens (including phenoxy) is 2. The number of hydrogen-bond donors (Lipinski definition) is 0. The minimum absolute atomic E-state index is 0.178. The van der Waals surface area contributed by atoms with E-state index < -0.39 is 0 Å². The predicted molar refractivity (Wildman–Crippen MR) is 95.0 cm³/mol. The van der Waals surface area contributed by atoms with Gasteiger partial charge in [0.2, 0.25) is 0 Å². The van der Waals surface area contributed by atoms with Crippen LogP contribution in [0.3, 0.4) is 0 Å². The maximum absolute atomic E-state index is 11.8. The van der Waals surface area contributed by atoms with Crippen LogP contribution < -0.4 is 4.74 Å². The molecule has 0 spiro atoms. The van der Waals surface area contributed by atoms with Gasteiger partial charge < -0.3 is 9.47 Å². The van der Waals surface area contributed by atoms with Crippen LogP contribution in [0.4, 0.5) is 0 Å². The van der Waals surface area contributed by atoms with Gasteiger partial charge in [0.15, 0.2) is 0 Å². The van der Waals surface area contributed by atoms with Crippen molar-refractivity contribution in [3.05, 3.63) is 29.8 Å². The third kappa shape index (κ3) is 9.33. The first-order valence-corrected chi connectivity index (χ1v) is 8.96. The highest BCUT2D eigenvalue weighted by Crippen LogP contribution is 2.15. The van der Waals surface area contributed by atoms with E-state index in [-0.39, 0.29) is 11.9 Å². The smallest absolute Gasteiger partial charge is 0.311 e. The Balaban J connectivity index is 2.11. The first kappa shape index (κ1) is 20.2. The summed E-state index contributed by atoms with van der Waals surface area (Å²) in [5.74, 6) is 0.785. The Morgan fingerprint density at radius 3 is 2.42 bits per heavy atom. The Hall–Kier alpha value is -1.84. The van der Waals surface area contributed by atoms with Crippen LogP contribution in [0, 0.1) is 5.92 Å².